The Balaban J connectivity index is 1.29. The number of benzene rings is 3. The predicted molar refractivity (Wildman–Crippen MR) is 176 cm³/mol. The number of anilines is 4. The molecule has 218 valence electrons. The molecule has 0 aromatic heterocycles. The van der Waals surface area contributed by atoms with E-state index in [-0.39, 0.29) is 5.92 Å². The summed E-state index contributed by atoms with van der Waals surface area (Å²) in [5, 5.41) is 0. The minimum atomic E-state index is 0.117. The van der Waals surface area contributed by atoms with Crippen molar-refractivity contribution in [2.24, 2.45) is 0 Å². The lowest BCUT2D eigenvalue weighted by Crippen LogP contribution is -2.24. The van der Waals surface area contributed by atoms with Gasteiger partial charge in [-0.3, -0.25) is 0 Å². The second-order valence-corrected chi connectivity index (χ2v) is 12.4. The molecule has 4 heterocycles. The molecule has 0 spiro atoms. The van der Waals surface area contributed by atoms with Gasteiger partial charge in [-0.2, -0.15) is 0 Å². The quantitative estimate of drug-likeness (QED) is 0.307. The van der Waals surface area contributed by atoms with Gasteiger partial charge in [0.15, 0.2) is 0 Å². The highest BCUT2D eigenvalue weighted by molar-refractivity contribution is 5.85. The van der Waals surface area contributed by atoms with Crippen LogP contribution >= 0.6 is 0 Å². The Kier molecular flexibility index (Phi) is 5.86. The molecule has 0 bridgehead atoms. The average Bonchev–Trinajstić information content (AvgIpc) is 3.84. The zero-order valence-electron chi connectivity index (χ0n) is 25.3. The van der Waals surface area contributed by atoms with Crippen LogP contribution in [0.3, 0.4) is 0 Å². The first-order valence-corrected chi connectivity index (χ1v) is 14.9. The Bertz CT molecular complexity index is 1590. The molecule has 0 radical (unpaired) electrons. The van der Waals surface area contributed by atoms with Gasteiger partial charge in [-0.25, -0.2) is 0 Å². The minimum absolute atomic E-state index is 0.117. The smallest absolute Gasteiger partial charge is 0.0938 e. The molecule has 8 nitrogen and oxygen atoms in total. The maximum Gasteiger partial charge on any atom is 0.0938 e. The molecule has 3 aromatic rings. The van der Waals surface area contributed by atoms with Gasteiger partial charge in [-0.1, -0.05) is 12.1 Å². The molecule has 43 heavy (non-hydrogen) atoms. The van der Waals surface area contributed by atoms with E-state index in [1.165, 1.54) is 50.6 Å². The highest BCUT2D eigenvalue weighted by Crippen LogP contribution is 2.51. The number of rotatable bonds is 5. The molecule has 0 saturated heterocycles. The summed E-state index contributed by atoms with van der Waals surface area (Å²) in [6.45, 7) is 3.40. The molecule has 0 amide bonds. The summed E-state index contributed by atoms with van der Waals surface area (Å²) in [5.41, 5.74) is 11.6. The van der Waals surface area contributed by atoms with Crippen LogP contribution in [0.4, 0.5) is 22.7 Å². The van der Waals surface area contributed by atoms with Crippen molar-refractivity contribution >= 4 is 22.7 Å². The molecule has 8 rings (SSSR count). The van der Waals surface area contributed by atoms with Gasteiger partial charge in [0.05, 0.1) is 26.7 Å². The maximum absolute atomic E-state index is 2.42. The lowest BCUT2D eigenvalue weighted by Gasteiger charge is -2.26. The molecule has 0 unspecified atom stereocenters. The molecule has 0 atom stereocenters. The third kappa shape index (κ3) is 4.45. The fraction of sp³-hybridized carbons (Fsp3) is 0.257. The lowest BCUT2D eigenvalue weighted by atomic mass is 9.88. The van der Waals surface area contributed by atoms with Gasteiger partial charge in [0.2, 0.25) is 0 Å². The predicted octanol–water partition coefficient (Wildman–Crippen LogP) is 5.57. The highest BCUT2D eigenvalue weighted by atomic mass is 15.3. The lowest BCUT2D eigenvalue weighted by molar-refractivity contribution is 0.494. The van der Waals surface area contributed by atoms with E-state index in [1.54, 1.807) is 0 Å². The summed E-state index contributed by atoms with van der Waals surface area (Å²) >= 11 is 0. The summed E-state index contributed by atoms with van der Waals surface area (Å²) in [4.78, 5) is 18.2. The van der Waals surface area contributed by atoms with E-state index < -0.39 is 0 Å². The molecule has 0 fully saturated rings. The summed E-state index contributed by atoms with van der Waals surface area (Å²) < 4.78 is 0. The first-order valence-electron chi connectivity index (χ1n) is 14.9. The SMILES string of the molecule is CN1C=CN(c2cc(C3c4cc(N5C=CN(C)C5)ccc4-c4ccc(N5C=CN(C)C5)cc43)cc(N3C=CN(C)C3)c2)C1. The van der Waals surface area contributed by atoms with Crippen molar-refractivity contribution in [1.82, 2.24) is 19.6 Å². The van der Waals surface area contributed by atoms with Gasteiger partial charge in [0, 0.05) is 106 Å². The first-order chi connectivity index (χ1) is 20.9. The Morgan fingerprint density at radius 3 is 1.14 bits per heavy atom. The van der Waals surface area contributed by atoms with Crippen LogP contribution in [0.25, 0.3) is 11.1 Å². The molecule has 0 saturated carbocycles. The van der Waals surface area contributed by atoms with Crippen molar-refractivity contribution in [3.05, 3.63) is 121 Å². The van der Waals surface area contributed by atoms with Crippen molar-refractivity contribution in [2.75, 3.05) is 74.5 Å². The molecular formula is C35H38N8. The second kappa shape index (κ2) is 9.80. The largest absolute Gasteiger partial charge is 0.361 e. The Hall–Kier alpha value is -4.98. The Labute approximate surface area is 254 Å². The average molecular weight is 571 g/mol. The summed E-state index contributed by atoms with van der Waals surface area (Å²) in [6.07, 6.45) is 17.3. The van der Waals surface area contributed by atoms with Crippen LogP contribution in [0.1, 0.15) is 22.6 Å². The first kappa shape index (κ1) is 25.7. The summed E-state index contributed by atoms with van der Waals surface area (Å²) in [5.74, 6) is 0.117. The van der Waals surface area contributed by atoms with E-state index >= 15 is 0 Å². The van der Waals surface area contributed by atoms with E-state index in [4.69, 9.17) is 0 Å². The van der Waals surface area contributed by atoms with Crippen LogP contribution in [0.5, 0.6) is 0 Å². The van der Waals surface area contributed by atoms with Gasteiger partial charge >= 0.3 is 0 Å². The van der Waals surface area contributed by atoms with Crippen LogP contribution in [0, 0.1) is 0 Å². The topological polar surface area (TPSA) is 25.9 Å². The van der Waals surface area contributed by atoms with Gasteiger partial charge in [0.25, 0.3) is 0 Å². The van der Waals surface area contributed by atoms with Gasteiger partial charge in [-0.05, 0) is 70.3 Å². The third-order valence-electron chi connectivity index (χ3n) is 9.07. The third-order valence-corrected chi connectivity index (χ3v) is 9.07. The maximum atomic E-state index is 2.42. The molecule has 1 aliphatic carbocycles. The van der Waals surface area contributed by atoms with Crippen molar-refractivity contribution in [2.45, 2.75) is 5.92 Å². The van der Waals surface area contributed by atoms with Crippen LogP contribution < -0.4 is 19.6 Å². The van der Waals surface area contributed by atoms with Crippen LogP contribution in [-0.2, 0) is 0 Å². The Morgan fingerprint density at radius 1 is 0.419 bits per heavy atom. The van der Waals surface area contributed by atoms with Crippen LogP contribution in [-0.4, -0.2) is 74.5 Å². The zero-order valence-corrected chi connectivity index (χ0v) is 25.3. The fourth-order valence-corrected chi connectivity index (χ4v) is 6.86. The normalized spacial score (nSPS) is 18.9. The standard InChI is InChI=1S/C35H38N8/c1-36-9-13-40(22-36)27-5-7-31-32-8-6-28(41-14-10-37(2)23-41)21-34(32)35(33(31)20-27)26-17-29(42-15-11-38(3)24-42)19-30(18-26)43-16-12-39(4)25-43/h5-21,35H,22-25H2,1-4H3. The van der Waals surface area contributed by atoms with E-state index in [9.17, 15) is 0 Å². The Morgan fingerprint density at radius 2 is 0.791 bits per heavy atom. The minimum Gasteiger partial charge on any atom is -0.361 e. The zero-order chi connectivity index (χ0) is 29.2. The van der Waals surface area contributed by atoms with Crippen molar-refractivity contribution in [1.29, 1.82) is 0 Å². The molecule has 5 aliphatic rings. The van der Waals surface area contributed by atoms with E-state index in [0.717, 1.165) is 26.7 Å². The number of fused-ring (bicyclic) bond motifs is 3. The fourth-order valence-electron chi connectivity index (χ4n) is 6.86. The highest BCUT2D eigenvalue weighted by Gasteiger charge is 2.33. The van der Waals surface area contributed by atoms with Crippen molar-refractivity contribution in [3.63, 3.8) is 0 Å². The van der Waals surface area contributed by atoms with E-state index in [0.29, 0.717) is 0 Å². The monoisotopic (exact) mass is 570 g/mol. The van der Waals surface area contributed by atoms with Gasteiger partial charge in [0.1, 0.15) is 0 Å². The van der Waals surface area contributed by atoms with Crippen LogP contribution in [0.15, 0.2) is 104 Å². The van der Waals surface area contributed by atoms with Gasteiger partial charge in [-0.15, -0.1) is 0 Å². The van der Waals surface area contributed by atoms with Gasteiger partial charge < -0.3 is 39.2 Å². The van der Waals surface area contributed by atoms with E-state index in [1.807, 2.05) is 0 Å². The van der Waals surface area contributed by atoms with Crippen LogP contribution in [0.2, 0.25) is 0 Å². The summed E-state index contributed by atoms with van der Waals surface area (Å²) in [7, 11) is 8.49. The molecule has 3 aromatic carbocycles. The van der Waals surface area contributed by atoms with Crippen molar-refractivity contribution < 1.29 is 0 Å². The second-order valence-electron chi connectivity index (χ2n) is 12.4. The number of nitrogens with zero attached hydrogens (tertiary/aromatic N) is 8. The molecule has 0 N–H and O–H groups in total. The molecule has 4 aliphatic heterocycles. The number of hydrogen-bond acceptors (Lipinski definition) is 8. The summed E-state index contributed by atoms with van der Waals surface area (Å²) in [6, 6.07) is 21.2. The number of hydrogen-bond donors (Lipinski definition) is 0. The van der Waals surface area contributed by atoms with Crippen molar-refractivity contribution in [3.8, 4) is 11.1 Å². The molecule has 8 heteroatoms. The molecular weight excluding hydrogens is 532 g/mol. The van der Waals surface area contributed by atoms with E-state index in [2.05, 4.69) is 172 Å².